The summed E-state index contributed by atoms with van der Waals surface area (Å²) in [5.74, 6) is 1.79. The maximum atomic E-state index is 9.95. The highest BCUT2D eigenvalue weighted by atomic mass is 16.5. The lowest BCUT2D eigenvalue weighted by molar-refractivity contribution is -0.0132. The number of ether oxygens (including phenoxy) is 2. The van der Waals surface area contributed by atoms with E-state index in [9.17, 15) is 5.11 Å². The molecule has 1 saturated heterocycles. The Labute approximate surface area is 167 Å². The number of guanidine groups is 1. The van der Waals surface area contributed by atoms with Gasteiger partial charge in [-0.3, -0.25) is 4.99 Å². The standard InChI is InChI=1S/C22H33N3O3/c1-23-20(24-15-21(16-26)10-12-27-13-11-21)25-18-14-22(8-4-5-9-22)28-19-7-3-2-6-17(18)19/h2-3,6-7,18,26H,4-5,8-16H2,1H3,(H2,23,24,25). The summed E-state index contributed by atoms with van der Waals surface area (Å²) in [6.07, 6.45) is 7.43. The molecule has 0 radical (unpaired) electrons. The second-order valence-corrected chi connectivity index (χ2v) is 8.63. The molecule has 1 atom stereocenters. The average molecular weight is 388 g/mol. The summed E-state index contributed by atoms with van der Waals surface area (Å²) in [7, 11) is 1.81. The number of aliphatic hydroxyl groups excluding tert-OH is 1. The molecule has 4 rings (SSSR count). The Morgan fingerprint density at radius 1 is 1.18 bits per heavy atom. The monoisotopic (exact) mass is 387 g/mol. The van der Waals surface area contributed by atoms with Crippen molar-refractivity contribution < 1.29 is 14.6 Å². The molecular formula is C22H33N3O3. The molecule has 1 aliphatic carbocycles. The largest absolute Gasteiger partial charge is 0.487 e. The molecule has 6 nitrogen and oxygen atoms in total. The molecule has 154 valence electrons. The van der Waals surface area contributed by atoms with Crippen LogP contribution in [0.25, 0.3) is 0 Å². The average Bonchev–Trinajstić information content (AvgIpc) is 3.19. The molecule has 1 saturated carbocycles. The number of aliphatic imine (C=N–C) groups is 1. The molecule has 1 aromatic carbocycles. The Kier molecular flexibility index (Phi) is 5.78. The maximum absolute atomic E-state index is 9.95. The number of fused-ring (bicyclic) bond motifs is 1. The van der Waals surface area contributed by atoms with Crippen molar-refractivity contribution in [3.63, 3.8) is 0 Å². The number of hydrogen-bond acceptors (Lipinski definition) is 4. The smallest absolute Gasteiger partial charge is 0.191 e. The zero-order valence-corrected chi connectivity index (χ0v) is 16.9. The van der Waals surface area contributed by atoms with E-state index < -0.39 is 0 Å². The highest BCUT2D eigenvalue weighted by Gasteiger charge is 2.43. The summed E-state index contributed by atoms with van der Waals surface area (Å²) < 4.78 is 11.9. The first-order chi connectivity index (χ1) is 13.7. The van der Waals surface area contributed by atoms with Crippen LogP contribution in [0.15, 0.2) is 29.3 Å². The van der Waals surface area contributed by atoms with Crippen molar-refractivity contribution in [2.75, 3.05) is 33.4 Å². The van der Waals surface area contributed by atoms with Gasteiger partial charge >= 0.3 is 0 Å². The molecule has 0 aromatic heterocycles. The van der Waals surface area contributed by atoms with Crippen LogP contribution in [-0.4, -0.2) is 50.1 Å². The van der Waals surface area contributed by atoms with Crippen molar-refractivity contribution in [2.45, 2.75) is 56.6 Å². The molecule has 3 N–H and O–H groups in total. The second-order valence-electron chi connectivity index (χ2n) is 8.63. The van der Waals surface area contributed by atoms with Crippen LogP contribution in [0, 0.1) is 5.41 Å². The van der Waals surface area contributed by atoms with E-state index in [2.05, 4.69) is 33.8 Å². The van der Waals surface area contributed by atoms with E-state index in [1.807, 2.05) is 13.1 Å². The van der Waals surface area contributed by atoms with Crippen molar-refractivity contribution in [3.8, 4) is 5.75 Å². The van der Waals surface area contributed by atoms with Crippen molar-refractivity contribution in [2.24, 2.45) is 10.4 Å². The van der Waals surface area contributed by atoms with Gasteiger partial charge in [0, 0.05) is 44.2 Å². The van der Waals surface area contributed by atoms with E-state index in [0.29, 0.717) is 19.8 Å². The fraction of sp³-hybridized carbons (Fsp3) is 0.682. The van der Waals surface area contributed by atoms with Crippen LogP contribution < -0.4 is 15.4 Å². The van der Waals surface area contributed by atoms with E-state index in [-0.39, 0.29) is 23.7 Å². The zero-order valence-electron chi connectivity index (χ0n) is 16.9. The SMILES string of the molecule is CN=C(NCC1(CO)CCOCC1)NC1CC2(CCCC2)Oc2ccccc21. The van der Waals surface area contributed by atoms with Crippen LogP contribution in [0.5, 0.6) is 5.75 Å². The summed E-state index contributed by atoms with van der Waals surface area (Å²) in [6, 6.07) is 8.53. The third-order valence-corrected chi connectivity index (χ3v) is 6.77. The molecule has 1 unspecified atom stereocenters. The summed E-state index contributed by atoms with van der Waals surface area (Å²) in [5, 5.41) is 17.1. The Morgan fingerprint density at radius 2 is 1.93 bits per heavy atom. The van der Waals surface area contributed by atoms with Gasteiger partial charge in [0.1, 0.15) is 11.4 Å². The topological polar surface area (TPSA) is 75.1 Å². The number of nitrogens with zero attached hydrogens (tertiary/aromatic N) is 1. The molecule has 1 aromatic rings. The maximum Gasteiger partial charge on any atom is 0.191 e. The van der Waals surface area contributed by atoms with Crippen molar-refractivity contribution >= 4 is 5.96 Å². The van der Waals surface area contributed by atoms with E-state index in [1.54, 1.807) is 0 Å². The molecular weight excluding hydrogens is 354 g/mol. The number of rotatable bonds is 4. The van der Waals surface area contributed by atoms with Crippen LogP contribution in [-0.2, 0) is 4.74 Å². The molecule has 0 bridgehead atoms. The van der Waals surface area contributed by atoms with E-state index in [4.69, 9.17) is 9.47 Å². The van der Waals surface area contributed by atoms with Crippen LogP contribution in [0.3, 0.4) is 0 Å². The Morgan fingerprint density at radius 3 is 2.64 bits per heavy atom. The van der Waals surface area contributed by atoms with Gasteiger partial charge in [-0.25, -0.2) is 0 Å². The van der Waals surface area contributed by atoms with Crippen LogP contribution in [0.4, 0.5) is 0 Å². The summed E-state index contributed by atoms with van der Waals surface area (Å²) in [6.45, 7) is 2.29. The number of nitrogens with one attached hydrogen (secondary N) is 2. The fourth-order valence-corrected chi connectivity index (χ4v) is 4.90. The van der Waals surface area contributed by atoms with Gasteiger partial charge < -0.3 is 25.2 Å². The van der Waals surface area contributed by atoms with E-state index >= 15 is 0 Å². The Bertz CT molecular complexity index is 694. The minimum atomic E-state index is -0.129. The minimum Gasteiger partial charge on any atom is -0.487 e. The van der Waals surface area contributed by atoms with Gasteiger partial charge in [-0.2, -0.15) is 0 Å². The first-order valence-electron chi connectivity index (χ1n) is 10.6. The van der Waals surface area contributed by atoms with Gasteiger partial charge in [0.15, 0.2) is 5.96 Å². The third kappa shape index (κ3) is 3.98. The van der Waals surface area contributed by atoms with Gasteiger partial charge in [-0.1, -0.05) is 18.2 Å². The highest BCUT2D eigenvalue weighted by molar-refractivity contribution is 5.80. The predicted molar refractivity (Wildman–Crippen MR) is 110 cm³/mol. The van der Waals surface area contributed by atoms with Crippen LogP contribution in [0.1, 0.15) is 56.6 Å². The molecule has 6 heteroatoms. The van der Waals surface area contributed by atoms with E-state index in [1.165, 1.54) is 18.4 Å². The Hall–Kier alpha value is -1.79. The number of benzene rings is 1. The highest BCUT2D eigenvalue weighted by Crippen LogP contribution is 2.47. The van der Waals surface area contributed by atoms with Gasteiger partial charge in [0.25, 0.3) is 0 Å². The molecule has 1 spiro atoms. The van der Waals surface area contributed by atoms with Crippen LogP contribution in [0.2, 0.25) is 0 Å². The fourth-order valence-electron chi connectivity index (χ4n) is 4.90. The molecule has 2 aliphatic heterocycles. The van der Waals surface area contributed by atoms with Crippen molar-refractivity contribution in [3.05, 3.63) is 29.8 Å². The Balaban J connectivity index is 1.46. The number of aliphatic hydroxyl groups is 1. The molecule has 28 heavy (non-hydrogen) atoms. The lowest BCUT2D eigenvalue weighted by Crippen LogP contribution is -2.50. The zero-order chi connectivity index (χ0) is 19.5. The molecule has 0 amide bonds. The molecule has 3 aliphatic rings. The number of hydrogen-bond donors (Lipinski definition) is 3. The first-order valence-corrected chi connectivity index (χ1v) is 10.6. The van der Waals surface area contributed by atoms with Gasteiger partial charge in [-0.05, 0) is 44.6 Å². The van der Waals surface area contributed by atoms with Crippen molar-refractivity contribution in [1.29, 1.82) is 0 Å². The molecule has 2 heterocycles. The summed E-state index contributed by atoms with van der Waals surface area (Å²) in [4.78, 5) is 4.46. The third-order valence-electron chi connectivity index (χ3n) is 6.77. The molecule has 2 fully saturated rings. The van der Waals surface area contributed by atoms with Crippen molar-refractivity contribution in [1.82, 2.24) is 10.6 Å². The summed E-state index contributed by atoms with van der Waals surface area (Å²) in [5.41, 5.74) is 1.03. The predicted octanol–water partition coefficient (Wildman–Crippen LogP) is 2.78. The second kappa shape index (κ2) is 8.29. The quantitative estimate of drug-likeness (QED) is 0.547. The van der Waals surface area contributed by atoms with Gasteiger partial charge in [-0.15, -0.1) is 0 Å². The van der Waals surface area contributed by atoms with E-state index in [0.717, 1.165) is 43.8 Å². The number of para-hydroxylation sites is 1. The normalized spacial score (nSPS) is 25.8. The first kappa shape index (κ1) is 19.5. The lowest BCUT2D eigenvalue weighted by atomic mass is 9.81. The van der Waals surface area contributed by atoms with Gasteiger partial charge in [0.05, 0.1) is 12.6 Å². The summed E-state index contributed by atoms with van der Waals surface area (Å²) >= 11 is 0. The minimum absolute atomic E-state index is 0.0437. The van der Waals surface area contributed by atoms with Gasteiger partial charge in [0.2, 0.25) is 0 Å². The lowest BCUT2D eigenvalue weighted by Gasteiger charge is -2.41. The van der Waals surface area contributed by atoms with Crippen LogP contribution >= 0.6 is 0 Å².